The number of phenolic OH excluding ortho intramolecular Hbond substituents is 1. The predicted molar refractivity (Wildman–Crippen MR) is 143 cm³/mol. The summed E-state index contributed by atoms with van der Waals surface area (Å²) in [6.45, 7) is 1.14. The van der Waals surface area contributed by atoms with E-state index in [-0.39, 0.29) is 30.0 Å². The van der Waals surface area contributed by atoms with Crippen molar-refractivity contribution in [3.05, 3.63) is 83.4 Å². The van der Waals surface area contributed by atoms with Crippen LogP contribution in [0.5, 0.6) is 11.5 Å². The van der Waals surface area contributed by atoms with Gasteiger partial charge in [-0.1, -0.05) is 36.4 Å². The van der Waals surface area contributed by atoms with Gasteiger partial charge in [0.1, 0.15) is 11.5 Å². The molecule has 8 nitrogen and oxygen atoms in total. The van der Waals surface area contributed by atoms with E-state index in [4.69, 9.17) is 4.74 Å². The highest BCUT2D eigenvalue weighted by Gasteiger charge is 2.32. The molecule has 2 aliphatic heterocycles. The zero-order valence-corrected chi connectivity index (χ0v) is 21.1. The summed E-state index contributed by atoms with van der Waals surface area (Å²) < 4.78 is 5.89. The van der Waals surface area contributed by atoms with Crippen molar-refractivity contribution in [2.75, 3.05) is 26.2 Å². The van der Waals surface area contributed by atoms with E-state index in [0.29, 0.717) is 62.2 Å². The Morgan fingerprint density at radius 3 is 2.63 bits per heavy atom. The number of nitrogens with zero attached hydrogens (tertiary/aromatic N) is 1. The van der Waals surface area contributed by atoms with Crippen LogP contribution < -0.4 is 15.4 Å². The molecule has 1 unspecified atom stereocenters. The SMILES string of the molecule is O=C1CN(C(=O)C2Cc3ccccc3O2)CCCCNC(=O)c2cccc(c2)-c2cc(ccc2O)CCN1. The number of amides is 3. The Bertz CT molecular complexity index is 1330. The molecular weight excluding hydrogens is 482 g/mol. The zero-order chi connectivity index (χ0) is 26.5. The summed E-state index contributed by atoms with van der Waals surface area (Å²) in [5.74, 6) is 0.171. The van der Waals surface area contributed by atoms with Crippen molar-refractivity contribution in [2.45, 2.75) is 31.8 Å². The fourth-order valence-electron chi connectivity index (χ4n) is 4.90. The van der Waals surface area contributed by atoms with Crippen molar-refractivity contribution in [2.24, 2.45) is 0 Å². The number of benzene rings is 3. The Balaban J connectivity index is 1.32. The molecule has 3 aromatic rings. The van der Waals surface area contributed by atoms with Crippen LogP contribution in [0.3, 0.4) is 0 Å². The Labute approximate surface area is 221 Å². The van der Waals surface area contributed by atoms with Gasteiger partial charge in [-0.25, -0.2) is 0 Å². The second kappa shape index (κ2) is 11.4. The smallest absolute Gasteiger partial charge is 0.264 e. The second-order valence-corrected chi connectivity index (χ2v) is 9.67. The fourth-order valence-corrected chi connectivity index (χ4v) is 4.90. The molecular formula is C30H31N3O5. The van der Waals surface area contributed by atoms with Crippen LogP contribution in [0.4, 0.5) is 0 Å². The molecule has 196 valence electrons. The number of carbonyl (C=O) groups excluding carboxylic acids is 3. The van der Waals surface area contributed by atoms with Gasteiger partial charge >= 0.3 is 0 Å². The van der Waals surface area contributed by atoms with Crippen LogP contribution in [-0.4, -0.2) is 60.0 Å². The molecule has 5 rings (SSSR count). The van der Waals surface area contributed by atoms with E-state index in [1.54, 1.807) is 29.2 Å². The molecule has 3 N–H and O–H groups in total. The molecule has 4 bridgehead atoms. The zero-order valence-electron chi connectivity index (χ0n) is 21.1. The highest BCUT2D eigenvalue weighted by molar-refractivity contribution is 5.95. The van der Waals surface area contributed by atoms with Gasteiger partial charge in [-0.15, -0.1) is 0 Å². The van der Waals surface area contributed by atoms with Crippen LogP contribution in [0.25, 0.3) is 11.1 Å². The monoisotopic (exact) mass is 513 g/mol. The first kappa shape index (κ1) is 25.3. The summed E-state index contributed by atoms with van der Waals surface area (Å²) >= 11 is 0. The summed E-state index contributed by atoms with van der Waals surface area (Å²) in [6.07, 6.45) is 1.64. The number of hydrogen-bond acceptors (Lipinski definition) is 5. The summed E-state index contributed by atoms with van der Waals surface area (Å²) in [6, 6.07) is 20.0. The van der Waals surface area contributed by atoms with Crippen molar-refractivity contribution in [3.8, 4) is 22.6 Å². The maximum absolute atomic E-state index is 13.4. The van der Waals surface area contributed by atoms with E-state index in [1.807, 2.05) is 42.5 Å². The number of fused-ring (bicyclic) bond motifs is 6. The molecule has 0 saturated heterocycles. The Morgan fingerprint density at radius 1 is 0.921 bits per heavy atom. The quantitative estimate of drug-likeness (QED) is 0.464. The lowest BCUT2D eigenvalue weighted by Crippen LogP contribution is -2.47. The van der Waals surface area contributed by atoms with Crippen molar-refractivity contribution in [1.82, 2.24) is 15.5 Å². The van der Waals surface area contributed by atoms with E-state index in [2.05, 4.69) is 10.6 Å². The van der Waals surface area contributed by atoms with Crippen LogP contribution in [0.1, 0.15) is 34.3 Å². The van der Waals surface area contributed by atoms with Crippen molar-refractivity contribution >= 4 is 17.7 Å². The average Bonchev–Trinajstić information content (AvgIpc) is 3.37. The van der Waals surface area contributed by atoms with Crippen LogP contribution in [0.15, 0.2) is 66.7 Å². The van der Waals surface area contributed by atoms with Crippen molar-refractivity contribution in [3.63, 3.8) is 0 Å². The van der Waals surface area contributed by atoms with Gasteiger partial charge in [0, 0.05) is 37.2 Å². The van der Waals surface area contributed by atoms with Gasteiger partial charge in [0.15, 0.2) is 6.10 Å². The molecule has 0 aliphatic carbocycles. The number of rotatable bonds is 1. The Morgan fingerprint density at radius 2 is 1.76 bits per heavy atom. The van der Waals surface area contributed by atoms with E-state index in [1.165, 1.54) is 0 Å². The first-order valence-electron chi connectivity index (χ1n) is 13.0. The molecule has 38 heavy (non-hydrogen) atoms. The van der Waals surface area contributed by atoms with Crippen molar-refractivity contribution < 1.29 is 24.2 Å². The van der Waals surface area contributed by atoms with Gasteiger partial charge in [-0.2, -0.15) is 0 Å². The number of aromatic hydroxyl groups is 1. The van der Waals surface area contributed by atoms with E-state index in [9.17, 15) is 19.5 Å². The molecule has 2 aliphatic rings. The number of ether oxygens (including phenoxy) is 1. The number of nitrogens with one attached hydrogen (secondary N) is 2. The maximum Gasteiger partial charge on any atom is 0.264 e. The molecule has 0 spiro atoms. The fraction of sp³-hybridized carbons (Fsp3) is 0.300. The van der Waals surface area contributed by atoms with Crippen LogP contribution in [0.2, 0.25) is 0 Å². The molecule has 1 atom stereocenters. The molecule has 0 aromatic heterocycles. The van der Waals surface area contributed by atoms with Gasteiger partial charge in [-0.05, 0) is 66.3 Å². The Hall–Kier alpha value is -4.33. The third-order valence-corrected chi connectivity index (χ3v) is 6.94. The lowest BCUT2D eigenvalue weighted by Gasteiger charge is -2.25. The molecule has 3 amide bonds. The van der Waals surface area contributed by atoms with E-state index >= 15 is 0 Å². The largest absolute Gasteiger partial charge is 0.507 e. The van der Waals surface area contributed by atoms with Gasteiger partial charge in [-0.3, -0.25) is 14.4 Å². The first-order chi connectivity index (χ1) is 18.5. The molecule has 0 saturated carbocycles. The number of phenols is 1. The number of para-hydroxylation sites is 1. The highest BCUT2D eigenvalue weighted by atomic mass is 16.5. The van der Waals surface area contributed by atoms with Crippen LogP contribution in [0, 0.1) is 0 Å². The summed E-state index contributed by atoms with van der Waals surface area (Å²) in [5.41, 5.74) is 3.79. The molecule has 0 radical (unpaired) electrons. The molecule has 0 fully saturated rings. The number of hydrogen-bond donors (Lipinski definition) is 3. The third kappa shape index (κ3) is 5.80. The molecule has 2 heterocycles. The Kier molecular flexibility index (Phi) is 7.58. The summed E-state index contributed by atoms with van der Waals surface area (Å²) in [7, 11) is 0. The first-order valence-corrected chi connectivity index (χ1v) is 13.0. The summed E-state index contributed by atoms with van der Waals surface area (Å²) in [4.78, 5) is 40.5. The van der Waals surface area contributed by atoms with E-state index in [0.717, 1.165) is 16.7 Å². The maximum atomic E-state index is 13.4. The lowest BCUT2D eigenvalue weighted by atomic mass is 9.98. The average molecular weight is 514 g/mol. The van der Waals surface area contributed by atoms with Gasteiger partial charge < -0.3 is 25.4 Å². The number of carbonyl (C=O) groups is 3. The topological polar surface area (TPSA) is 108 Å². The van der Waals surface area contributed by atoms with Gasteiger partial charge in [0.05, 0.1) is 6.54 Å². The third-order valence-electron chi connectivity index (χ3n) is 6.94. The second-order valence-electron chi connectivity index (χ2n) is 9.67. The van der Waals surface area contributed by atoms with Crippen LogP contribution in [-0.2, 0) is 22.4 Å². The minimum atomic E-state index is -0.652. The molecule has 8 heteroatoms. The van der Waals surface area contributed by atoms with E-state index < -0.39 is 6.10 Å². The van der Waals surface area contributed by atoms with Crippen LogP contribution >= 0.6 is 0 Å². The summed E-state index contributed by atoms with van der Waals surface area (Å²) in [5, 5.41) is 16.3. The molecule has 3 aromatic carbocycles. The normalized spacial score (nSPS) is 18.3. The van der Waals surface area contributed by atoms with Gasteiger partial charge in [0.25, 0.3) is 11.8 Å². The standard InChI is InChI=1S/C30H31N3O5/c34-25-11-10-20-12-14-31-28(35)19-33(30(37)27-18-22-6-1-2-9-26(22)38-27)15-4-3-13-32-29(36)23-8-5-7-21(17-23)24(25)16-20/h1-2,5-11,16-17,27,34H,3-4,12-15,18-19H2,(H,31,35)(H,32,36). The predicted octanol–water partition coefficient (Wildman–Crippen LogP) is 3.07. The van der Waals surface area contributed by atoms with Crippen molar-refractivity contribution in [1.29, 1.82) is 0 Å². The minimum absolute atomic E-state index is 0.0627. The lowest BCUT2D eigenvalue weighted by molar-refractivity contribution is -0.141. The minimum Gasteiger partial charge on any atom is -0.507 e. The van der Waals surface area contributed by atoms with Gasteiger partial charge in [0.2, 0.25) is 5.91 Å². The highest BCUT2D eigenvalue weighted by Crippen LogP contribution is 2.31.